The van der Waals surface area contributed by atoms with Gasteiger partial charge < -0.3 is 14.8 Å². The van der Waals surface area contributed by atoms with Crippen molar-refractivity contribution >= 4 is 33.6 Å². The molecule has 0 bridgehead atoms. The summed E-state index contributed by atoms with van der Waals surface area (Å²) in [5, 5.41) is 2.39. The zero-order valence-corrected chi connectivity index (χ0v) is 15.3. The van der Waals surface area contributed by atoms with Crippen molar-refractivity contribution in [2.75, 3.05) is 20.3 Å². The molecule has 0 unspecified atom stereocenters. The van der Waals surface area contributed by atoms with E-state index in [9.17, 15) is 18.8 Å². The third-order valence-electron chi connectivity index (χ3n) is 3.31. The van der Waals surface area contributed by atoms with Gasteiger partial charge in [-0.15, -0.1) is 0 Å². The number of hydrogen-bond acceptors (Lipinski definition) is 5. The summed E-state index contributed by atoms with van der Waals surface area (Å²) < 4.78 is 23.8. The highest BCUT2D eigenvalue weighted by atomic mass is 79.9. The number of Topliss-reactive ketones (excluding diaryl/α,β-unsaturated/α-hetero) is 1. The number of halogens is 2. The number of benzene rings is 2. The lowest BCUT2D eigenvalue weighted by Crippen LogP contribution is -2.31. The predicted octanol–water partition coefficient (Wildman–Crippen LogP) is 2.75. The number of rotatable bonds is 7. The first kappa shape index (κ1) is 19.6. The van der Waals surface area contributed by atoms with Gasteiger partial charge in [-0.2, -0.15) is 0 Å². The number of nitrogens with one attached hydrogen (secondary N) is 1. The molecule has 0 aliphatic rings. The molecule has 0 aliphatic carbocycles. The van der Waals surface area contributed by atoms with Crippen molar-refractivity contribution in [1.82, 2.24) is 5.32 Å². The maximum absolute atomic E-state index is 13.3. The summed E-state index contributed by atoms with van der Waals surface area (Å²) in [4.78, 5) is 35.7. The molecule has 0 saturated carbocycles. The Morgan fingerprint density at radius 2 is 1.92 bits per heavy atom. The third kappa shape index (κ3) is 5.38. The number of esters is 1. The monoisotopic (exact) mass is 423 g/mol. The molecule has 2 aromatic rings. The molecule has 0 aliphatic heterocycles. The van der Waals surface area contributed by atoms with E-state index in [-0.39, 0.29) is 11.3 Å². The normalized spacial score (nSPS) is 10.1. The summed E-state index contributed by atoms with van der Waals surface area (Å²) >= 11 is 3.24. The van der Waals surface area contributed by atoms with Crippen LogP contribution in [0.4, 0.5) is 4.39 Å². The number of ether oxygens (including phenoxy) is 2. The molecule has 8 heteroatoms. The quantitative estimate of drug-likeness (QED) is 0.546. The Labute approximate surface area is 157 Å². The summed E-state index contributed by atoms with van der Waals surface area (Å²) in [6, 6.07) is 10.1. The van der Waals surface area contributed by atoms with Gasteiger partial charge in [-0.3, -0.25) is 14.4 Å². The number of methoxy groups -OCH3 is 1. The second-order valence-electron chi connectivity index (χ2n) is 5.12. The molecule has 0 atom stereocenters. The van der Waals surface area contributed by atoms with Gasteiger partial charge in [0.15, 0.2) is 6.61 Å². The van der Waals surface area contributed by atoms with Gasteiger partial charge in [0.1, 0.15) is 18.1 Å². The van der Waals surface area contributed by atoms with Gasteiger partial charge in [0.2, 0.25) is 5.78 Å². The minimum absolute atomic E-state index is 0.0292. The molecule has 2 rings (SSSR count). The standard InChI is InChI=1S/C18H15BrFNO5/c1-25-16-6-5-13(20)8-14(16)15(22)10-26-17(23)9-21-18(24)11-3-2-4-12(19)7-11/h2-8H,9-10H2,1H3,(H,21,24). The van der Waals surface area contributed by atoms with Gasteiger partial charge in [0.25, 0.3) is 5.91 Å². The minimum atomic E-state index is -0.794. The molecule has 0 spiro atoms. The molecule has 1 N–H and O–H groups in total. The second kappa shape index (κ2) is 9.10. The summed E-state index contributed by atoms with van der Waals surface area (Å²) in [6.07, 6.45) is 0. The van der Waals surface area contributed by atoms with Gasteiger partial charge >= 0.3 is 5.97 Å². The lowest BCUT2D eigenvalue weighted by Gasteiger charge is -2.09. The van der Waals surface area contributed by atoms with Crippen LogP contribution in [0.1, 0.15) is 20.7 Å². The van der Waals surface area contributed by atoms with Gasteiger partial charge in [0, 0.05) is 10.0 Å². The van der Waals surface area contributed by atoms with E-state index >= 15 is 0 Å². The van der Waals surface area contributed by atoms with E-state index in [4.69, 9.17) is 9.47 Å². The van der Waals surface area contributed by atoms with Crippen LogP contribution in [-0.2, 0) is 9.53 Å². The van der Waals surface area contributed by atoms with E-state index < -0.39 is 36.6 Å². The van der Waals surface area contributed by atoms with Crippen molar-refractivity contribution in [2.45, 2.75) is 0 Å². The largest absolute Gasteiger partial charge is 0.496 e. The molecule has 0 aromatic heterocycles. The van der Waals surface area contributed by atoms with Crippen molar-refractivity contribution in [3.8, 4) is 5.75 Å². The molecular formula is C18H15BrFNO5. The SMILES string of the molecule is COc1ccc(F)cc1C(=O)COC(=O)CNC(=O)c1cccc(Br)c1. The Kier molecular flexibility index (Phi) is 6.85. The van der Waals surface area contributed by atoms with Crippen molar-refractivity contribution in [1.29, 1.82) is 0 Å². The van der Waals surface area contributed by atoms with Crippen LogP contribution >= 0.6 is 15.9 Å². The average molecular weight is 424 g/mol. The average Bonchev–Trinajstić information content (AvgIpc) is 2.64. The zero-order valence-electron chi connectivity index (χ0n) is 13.8. The van der Waals surface area contributed by atoms with Crippen molar-refractivity contribution in [3.05, 3.63) is 63.9 Å². The number of amides is 1. The summed E-state index contributed by atoms with van der Waals surface area (Å²) in [5.41, 5.74) is 0.339. The Hall–Kier alpha value is -2.74. The fraction of sp³-hybridized carbons (Fsp3) is 0.167. The molecule has 0 radical (unpaired) electrons. The highest BCUT2D eigenvalue weighted by Crippen LogP contribution is 2.19. The molecule has 26 heavy (non-hydrogen) atoms. The number of carbonyl (C=O) groups excluding carboxylic acids is 3. The Morgan fingerprint density at radius 1 is 1.15 bits per heavy atom. The van der Waals surface area contributed by atoms with Crippen LogP contribution < -0.4 is 10.1 Å². The highest BCUT2D eigenvalue weighted by molar-refractivity contribution is 9.10. The van der Waals surface area contributed by atoms with Crippen LogP contribution in [0.15, 0.2) is 46.9 Å². The molecule has 1 amide bonds. The molecule has 6 nitrogen and oxygen atoms in total. The lowest BCUT2D eigenvalue weighted by molar-refractivity contribution is -0.141. The van der Waals surface area contributed by atoms with Crippen LogP contribution in [0.25, 0.3) is 0 Å². The summed E-state index contributed by atoms with van der Waals surface area (Å²) in [6.45, 7) is -0.996. The van der Waals surface area contributed by atoms with E-state index in [1.165, 1.54) is 13.2 Å². The highest BCUT2D eigenvalue weighted by Gasteiger charge is 2.16. The first-order valence-electron chi connectivity index (χ1n) is 7.47. The minimum Gasteiger partial charge on any atom is -0.496 e. The van der Waals surface area contributed by atoms with Crippen LogP contribution in [-0.4, -0.2) is 37.9 Å². The van der Waals surface area contributed by atoms with Crippen LogP contribution in [0.3, 0.4) is 0 Å². The maximum atomic E-state index is 13.3. The first-order chi connectivity index (χ1) is 12.4. The van der Waals surface area contributed by atoms with Gasteiger partial charge in [0.05, 0.1) is 12.7 Å². The van der Waals surface area contributed by atoms with Crippen molar-refractivity contribution in [3.63, 3.8) is 0 Å². The summed E-state index contributed by atoms with van der Waals surface area (Å²) in [5.74, 6) is -2.30. The molecule has 0 saturated heterocycles. The van der Waals surface area contributed by atoms with E-state index in [1.807, 2.05) is 0 Å². The van der Waals surface area contributed by atoms with E-state index in [1.54, 1.807) is 24.3 Å². The van der Waals surface area contributed by atoms with E-state index in [0.717, 1.165) is 16.6 Å². The Bertz CT molecular complexity index is 840. The van der Waals surface area contributed by atoms with Crippen LogP contribution in [0, 0.1) is 5.82 Å². The van der Waals surface area contributed by atoms with Gasteiger partial charge in [-0.1, -0.05) is 22.0 Å². The second-order valence-corrected chi connectivity index (χ2v) is 6.04. The van der Waals surface area contributed by atoms with E-state index in [0.29, 0.717) is 5.56 Å². The van der Waals surface area contributed by atoms with Crippen molar-refractivity contribution in [2.24, 2.45) is 0 Å². The fourth-order valence-electron chi connectivity index (χ4n) is 2.06. The zero-order chi connectivity index (χ0) is 19.1. The van der Waals surface area contributed by atoms with Crippen LogP contribution in [0.2, 0.25) is 0 Å². The molecule has 2 aromatic carbocycles. The molecule has 136 valence electrons. The fourth-order valence-corrected chi connectivity index (χ4v) is 2.46. The molecule has 0 fully saturated rings. The number of carbonyl (C=O) groups is 3. The smallest absolute Gasteiger partial charge is 0.325 e. The van der Waals surface area contributed by atoms with Crippen molar-refractivity contribution < 1.29 is 28.2 Å². The summed E-state index contributed by atoms with van der Waals surface area (Å²) in [7, 11) is 1.34. The van der Waals surface area contributed by atoms with Gasteiger partial charge in [-0.05, 0) is 36.4 Å². The molecular weight excluding hydrogens is 409 g/mol. The predicted molar refractivity (Wildman–Crippen MR) is 94.7 cm³/mol. The third-order valence-corrected chi connectivity index (χ3v) is 3.80. The lowest BCUT2D eigenvalue weighted by atomic mass is 10.1. The maximum Gasteiger partial charge on any atom is 0.325 e. The Balaban J connectivity index is 1.86. The number of ketones is 1. The topological polar surface area (TPSA) is 81.7 Å². The first-order valence-corrected chi connectivity index (χ1v) is 8.26. The molecule has 0 heterocycles. The van der Waals surface area contributed by atoms with E-state index in [2.05, 4.69) is 21.2 Å². The number of hydrogen-bond donors (Lipinski definition) is 1. The van der Waals surface area contributed by atoms with Gasteiger partial charge in [-0.25, -0.2) is 4.39 Å². The van der Waals surface area contributed by atoms with Crippen LogP contribution in [0.5, 0.6) is 5.75 Å². The Morgan fingerprint density at radius 3 is 2.62 bits per heavy atom.